The monoisotopic (exact) mass is 372 g/mol. The van der Waals surface area contributed by atoms with Gasteiger partial charge in [0.1, 0.15) is 17.1 Å². The number of para-hydroxylation sites is 1. The summed E-state index contributed by atoms with van der Waals surface area (Å²) in [6, 6.07) is 19.7. The van der Waals surface area contributed by atoms with E-state index in [9.17, 15) is 9.59 Å². The van der Waals surface area contributed by atoms with Gasteiger partial charge in [-0.2, -0.15) is 0 Å². The number of hydrogen-bond acceptors (Lipinski definition) is 6. The minimum Gasteiger partial charge on any atom is -0.456 e. The van der Waals surface area contributed by atoms with E-state index in [0.717, 1.165) is 0 Å². The maximum Gasteiger partial charge on any atom is 0.343 e. The molecule has 0 saturated carbocycles. The van der Waals surface area contributed by atoms with E-state index in [1.807, 2.05) is 0 Å². The number of carbonyl (C=O) groups is 1. The fourth-order valence-corrected chi connectivity index (χ4v) is 2.89. The molecule has 6 heteroatoms. The molecule has 0 atom stereocenters. The van der Waals surface area contributed by atoms with E-state index in [1.165, 1.54) is 18.2 Å². The molecule has 0 fully saturated rings. The topological polar surface area (TPSA) is 109 Å². The van der Waals surface area contributed by atoms with E-state index in [-0.39, 0.29) is 11.0 Å². The Morgan fingerprint density at radius 3 is 2.25 bits per heavy atom. The molecule has 0 aliphatic rings. The number of nitrogens with two attached hydrogens (primary N) is 2. The first-order valence-corrected chi connectivity index (χ1v) is 8.51. The number of benzene rings is 3. The Bertz CT molecular complexity index is 1220. The van der Waals surface area contributed by atoms with Crippen molar-refractivity contribution in [3.63, 3.8) is 0 Å². The minimum atomic E-state index is -0.566. The molecule has 4 N–H and O–H groups in total. The second-order valence-corrected chi connectivity index (χ2v) is 6.27. The van der Waals surface area contributed by atoms with Crippen molar-refractivity contribution in [2.24, 2.45) is 0 Å². The Hall–Kier alpha value is -4.06. The van der Waals surface area contributed by atoms with Crippen molar-refractivity contribution in [2.75, 3.05) is 11.5 Å². The van der Waals surface area contributed by atoms with Gasteiger partial charge in [-0.3, -0.25) is 4.79 Å². The van der Waals surface area contributed by atoms with Crippen LogP contribution in [0.1, 0.15) is 10.4 Å². The number of nitrogen functional groups attached to an aromatic ring is 2. The van der Waals surface area contributed by atoms with Crippen LogP contribution in [0, 0.1) is 0 Å². The van der Waals surface area contributed by atoms with Crippen LogP contribution < -0.4 is 21.6 Å². The third-order valence-corrected chi connectivity index (χ3v) is 4.20. The Kier molecular flexibility index (Phi) is 4.29. The van der Waals surface area contributed by atoms with Crippen LogP contribution in [0.5, 0.6) is 5.75 Å². The van der Waals surface area contributed by atoms with Gasteiger partial charge in [-0.05, 0) is 54.6 Å². The number of ether oxygens (including phenoxy) is 1. The Morgan fingerprint density at radius 2 is 1.54 bits per heavy atom. The van der Waals surface area contributed by atoms with Crippen LogP contribution in [0.15, 0.2) is 82.0 Å². The molecule has 0 aliphatic carbocycles. The summed E-state index contributed by atoms with van der Waals surface area (Å²) in [5.74, 6) is 0.215. The molecule has 3 aromatic carbocycles. The lowest BCUT2D eigenvalue weighted by molar-refractivity contribution is 0.0735. The molecule has 6 nitrogen and oxygen atoms in total. The van der Waals surface area contributed by atoms with Gasteiger partial charge in [0.25, 0.3) is 0 Å². The highest BCUT2D eigenvalue weighted by Crippen LogP contribution is 2.25. The fourth-order valence-electron chi connectivity index (χ4n) is 2.89. The van der Waals surface area contributed by atoms with Gasteiger partial charge < -0.3 is 20.6 Å². The maximum atomic E-state index is 12.3. The van der Waals surface area contributed by atoms with Gasteiger partial charge in [0.15, 0.2) is 5.43 Å². The van der Waals surface area contributed by atoms with Crippen molar-refractivity contribution in [1.29, 1.82) is 0 Å². The average molecular weight is 372 g/mol. The average Bonchev–Trinajstić information content (AvgIpc) is 2.68. The lowest BCUT2D eigenvalue weighted by Gasteiger charge is -2.07. The zero-order valence-electron chi connectivity index (χ0n) is 14.7. The molecule has 4 aromatic rings. The summed E-state index contributed by atoms with van der Waals surface area (Å²) in [7, 11) is 0. The van der Waals surface area contributed by atoms with Crippen LogP contribution in [0.4, 0.5) is 11.4 Å². The van der Waals surface area contributed by atoms with Gasteiger partial charge in [-0.25, -0.2) is 4.79 Å². The van der Waals surface area contributed by atoms with Crippen molar-refractivity contribution >= 4 is 28.3 Å². The van der Waals surface area contributed by atoms with E-state index < -0.39 is 5.97 Å². The molecule has 138 valence electrons. The lowest BCUT2D eigenvalue weighted by atomic mass is 10.1. The highest BCUT2D eigenvalue weighted by atomic mass is 16.5. The van der Waals surface area contributed by atoms with Crippen LogP contribution in [-0.2, 0) is 0 Å². The van der Waals surface area contributed by atoms with Crippen molar-refractivity contribution in [2.45, 2.75) is 0 Å². The summed E-state index contributed by atoms with van der Waals surface area (Å²) in [5, 5.41) is 0.526. The van der Waals surface area contributed by atoms with E-state index in [2.05, 4.69) is 0 Å². The Morgan fingerprint density at radius 1 is 0.857 bits per heavy atom. The van der Waals surface area contributed by atoms with E-state index in [1.54, 1.807) is 54.6 Å². The van der Waals surface area contributed by atoms with E-state index in [4.69, 9.17) is 20.6 Å². The largest absolute Gasteiger partial charge is 0.456 e. The van der Waals surface area contributed by atoms with Crippen molar-refractivity contribution in [3.8, 4) is 17.1 Å². The van der Waals surface area contributed by atoms with Crippen LogP contribution in [0.3, 0.4) is 0 Å². The summed E-state index contributed by atoms with van der Waals surface area (Å²) < 4.78 is 11.2. The van der Waals surface area contributed by atoms with E-state index >= 15 is 0 Å². The number of esters is 1. The number of rotatable bonds is 3. The third-order valence-electron chi connectivity index (χ3n) is 4.20. The van der Waals surface area contributed by atoms with Crippen LogP contribution in [-0.4, -0.2) is 5.97 Å². The molecule has 0 aliphatic heterocycles. The molecule has 1 aromatic heterocycles. The zero-order valence-corrected chi connectivity index (χ0v) is 14.7. The molecule has 0 saturated heterocycles. The summed E-state index contributed by atoms with van der Waals surface area (Å²) in [6.07, 6.45) is 0. The number of carbonyl (C=O) groups excluding carboxylic acids is 1. The maximum absolute atomic E-state index is 12.3. The molecule has 0 amide bonds. The van der Waals surface area contributed by atoms with Crippen molar-refractivity contribution in [1.82, 2.24) is 0 Å². The summed E-state index contributed by atoms with van der Waals surface area (Å²) >= 11 is 0. The molecule has 28 heavy (non-hydrogen) atoms. The molecule has 0 bridgehead atoms. The Balaban J connectivity index is 1.59. The number of hydrogen-bond donors (Lipinski definition) is 2. The molecule has 0 radical (unpaired) electrons. The van der Waals surface area contributed by atoms with Gasteiger partial charge in [-0.15, -0.1) is 0 Å². The SMILES string of the molecule is Nc1cc(N)cc(C(=O)Oc2ccc(-c3cc(=O)c4ccccc4o3)cc2)c1. The smallest absolute Gasteiger partial charge is 0.343 e. The lowest BCUT2D eigenvalue weighted by Crippen LogP contribution is -2.09. The highest BCUT2D eigenvalue weighted by Gasteiger charge is 2.11. The first-order valence-electron chi connectivity index (χ1n) is 8.51. The van der Waals surface area contributed by atoms with Crippen LogP contribution in [0.25, 0.3) is 22.3 Å². The van der Waals surface area contributed by atoms with E-state index in [0.29, 0.717) is 39.4 Å². The molecule has 1 heterocycles. The standard InChI is InChI=1S/C22H16N2O4/c23-15-9-14(10-16(24)11-15)22(26)27-17-7-5-13(6-8-17)21-12-19(25)18-3-1-2-4-20(18)28-21/h1-12H,23-24H2. The van der Waals surface area contributed by atoms with Gasteiger partial charge >= 0.3 is 5.97 Å². The Labute approximate surface area is 160 Å². The molecule has 0 unspecified atom stereocenters. The second-order valence-electron chi connectivity index (χ2n) is 6.27. The predicted molar refractivity (Wildman–Crippen MR) is 108 cm³/mol. The summed E-state index contributed by atoms with van der Waals surface area (Å²) in [4.78, 5) is 24.5. The molecular weight excluding hydrogens is 356 g/mol. The predicted octanol–water partition coefficient (Wildman–Crippen LogP) is 3.84. The number of anilines is 2. The first-order chi connectivity index (χ1) is 13.5. The first kappa shape index (κ1) is 17.4. The quantitative estimate of drug-likeness (QED) is 0.321. The van der Waals surface area contributed by atoms with Crippen LogP contribution >= 0.6 is 0 Å². The fraction of sp³-hybridized carbons (Fsp3) is 0. The van der Waals surface area contributed by atoms with Crippen molar-refractivity contribution < 1.29 is 13.9 Å². The second kappa shape index (κ2) is 6.92. The normalized spacial score (nSPS) is 10.7. The van der Waals surface area contributed by atoms with Gasteiger partial charge in [0, 0.05) is 23.0 Å². The minimum absolute atomic E-state index is 0.119. The molecule has 0 spiro atoms. The van der Waals surface area contributed by atoms with Crippen LogP contribution in [0.2, 0.25) is 0 Å². The third kappa shape index (κ3) is 3.43. The zero-order chi connectivity index (χ0) is 19.7. The highest BCUT2D eigenvalue weighted by molar-refractivity contribution is 5.93. The molecular formula is C22H16N2O4. The number of fused-ring (bicyclic) bond motifs is 1. The van der Waals surface area contributed by atoms with Crippen molar-refractivity contribution in [3.05, 3.63) is 88.6 Å². The summed E-state index contributed by atoms with van der Waals surface area (Å²) in [6.45, 7) is 0. The van der Waals surface area contributed by atoms with Gasteiger partial charge in [0.05, 0.1) is 10.9 Å². The molecule has 4 rings (SSSR count). The summed E-state index contributed by atoms with van der Waals surface area (Å²) in [5.41, 5.74) is 13.5. The van der Waals surface area contributed by atoms with Gasteiger partial charge in [-0.1, -0.05) is 12.1 Å². The van der Waals surface area contributed by atoms with Gasteiger partial charge in [0.2, 0.25) is 0 Å².